The number of rotatable bonds is 4. The molecule has 0 aromatic heterocycles. The molecular formula is C17H28N2O. The first-order chi connectivity index (χ1) is 9.56. The number of nitrogens with zero attached hydrogens (tertiary/aromatic N) is 1. The van der Waals surface area contributed by atoms with Gasteiger partial charge in [0, 0.05) is 30.4 Å². The topological polar surface area (TPSA) is 38.5 Å². The number of ether oxygens (including phenoxy) is 1. The Labute approximate surface area is 123 Å². The number of methoxy groups -OCH3 is 1. The molecule has 3 heteroatoms. The molecule has 3 unspecified atom stereocenters. The van der Waals surface area contributed by atoms with Crippen molar-refractivity contribution in [1.82, 2.24) is 0 Å². The molecule has 2 rings (SSSR count). The lowest BCUT2D eigenvalue weighted by molar-refractivity contribution is 0.321. The lowest BCUT2D eigenvalue weighted by Gasteiger charge is -2.39. The molecule has 0 spiro atoms. The summed E-state index contributed by atoms with van der Waals surface area (Å²) in [5.41, 5.74) is 8.53. The highest BCUT2D eigenvalue weighted by Crippen LogP contribution is 2.37. The van der Waals surface area contributed by atoms with E-state index in [2.05, 4.69) is 31.0 Å². The van der Waals surface area contributed by atoms with Crippen LogP contribution in [0.4, 0.5) is 5.69 Å². The number of hydrogen-bond donors (Lipinski definition) is 1. The number of hydrogen-bond acceptors (Lipinski definition) is 3. The Morgan fingerprint density at radius 2 is 2.00 bits per heavy atom. The third kappa shape index (κ3) is 2.93. The lowest BCUT2D eigenvalue weighted by atomic mass is 9.84. The Morgan fingerprint density at radius 3 is 2.60 bits per heavy atom. The zero-order valence-corrected chi connectivity index (χ0v) is 13.2. The van der Waals surface area contributed by atoms with E-state index in [4.69, 9.17) is 10.5 Å². The van der Waals surface area contributed by atoms with Gasteiger partial charge in [-0.3, -0.25) is 0 Å². The number of anilines is 1. The highest BCUT2D eigenvalue weighted by atomic mass is 16.5. The van der Waals surface area contributed by atoms with E-state index >= 15 is 0 Å². The summed E-state index contributed by atoms with van der Waals surface area (Å²) >= 11 is 0. The standard InChI is InChI=1S/C17H28N2O/c1-12-8-5-6-9-14(12)19(3)15-10-7-11-16(20-4)17(15)13(2)18/h7,10-14H,5-6,8-9,18H2,1-4H3. The van der Waals surface area contributed by atoms with Crippen LogP contribution in [0.2, 0.25) is 0 Å². The van der Waals surface area contributed by atoms with Crippen molar-refractivity contribution in [2.45, 2.75) is 51.6 Å². The van der Waals surface area contributed by atoms with Crippen molar-refractivity contribution >= 4 is 5.69 Å². The van der Waals surface area contributed by atoms with Gasteiger partial charge < -0.3 is 15.4 Å². The Hall–Kier alpha value is -1.22. The molecule has 0 heterocycles. The second-order valence-corrected chi connectivity index (χ2v) is 6.12. The minimum absolute atomic E-state index is 0.0255. The fraction of sp³-hybridized carbons (Fsp3) is 0.647. The molecule has 1 saturated carbocycles. The van der Waals surface area contributed by atoms with Crippen LogP contribution in [0.15, 0.2) is 18.2 Å². The molecule has 1 fully saturated rings. The van der Waals surface area contributed by atoms with Gasteiger partial charge in [-0.15, -0.1) is 0 Å². The molecule has 0 saturated heterocycles. The van der Waals surface area contributed by atoms with Crippen LogP contribution in [-0.4, -0.2) is 20.2 Å². The molecule has 0 bridgehead atoms. The monoisotopic (exact) mass is 276 g/mol. The van der Waals surface area contributed by atoms with E-state index in [-0.39, 0.29) is 6.04 Å². The Morgan fingerprint density at radius 1 is 1.30 bits per heavy atom. The van der Waals surface area contributed by atoms with Crippen LogP contribution in [0.1, 0.15) is 51.1 Å². The van der Waals surface area contributed by atoms with E-state index in [1.165, 1.54) is 31.4 Å². The highest BCUT2D eigenvalue weighted by Gasteiger charge is 2.27. The van der Waals surface area contributed by atoms with Crippen molar-refractivity contribution in [3.63, 3.8) is 0 Å². The summed E-state index contributed by atoms with van der Waals surface area (Å²) in [6.07, 6.45) is 5.29. The quantitative estimate of drug-likeness (QED) is 0.910. The first-order valence-corrected chi connectivity index (χ1v) is 7.71. The second kappa shape index (κ2) is 6.49. The molecule has 3 atom stereocenters. The summed E-state index contributed by atoms with van der Waals surface area (Å²) in [6, 6.07) is 6.81. The number of benzene rings is 1. The van der Waals surface area contributed by atoms with Gasteiger partial charge in [-0.25, -0.2) is 0 Å². The van der Waals surface area contributed by atoms with Crippen LogP contribution in [0, 0.1) is 5.92 Å². The molecule has 0 aliphatic heterocycles. The second-order valence-electron chi connectivity index (χ2n) is 6.12. The van der Waals surface area contributed by atoms with Crippen molar-refractivity contribution in [3.8, 4) is 5.75 Å². The van der Waals surface area contributed by atoms with Crippen LogP contribution in [0.25, 0.3) is 0 Å². The summed E-state index contributed by atoms with van der Waals surface area (Å²) in [4.78, 5) is 2.42. The third-order valence-corrected chi connectivity index (χ3v) is 4.66. The summed E-state index contributed by atoms with van der Waals surface area (Å²) in [5.74, 6) is 1.63. The van der Waals surface area contributed by atoms with E-state index < -0.39 is 0 Å². The Bertz CT molecular complexity index is 445. The van der Waals surface area contributed by atoms with Crippen LogP contribution in [-0.2, 0) is 0 Å². The van der Waals surface area contributed by atoms with Crippen molar-refractivity contribution in [1.29, 1.82) is 0 Å². The SMILES string of the molecule is COc1cccc(N(C)C2CCCCC2C)c1C(C)N. The van der Waals surface area contributed by atoms with Crippen LogP contribution in [0.3, 0.4) is 0 Å². The summed E-state index contributed by atoms with van der Waals surface area (Å²) in [6.45, 7) is 4.39. The minimum Gasteiger partial charge on any atom is -0.496 e. The van der Waals surface area contributed by atoms with Gasteiger partial charge in [0.25, 0.3) is 0 Å². The van der Waals surface area contributed by atoms with Crippen molar-refractivity contribution in [2.24, 2.45) is 11.7 Å². The van der Waals surface area contributed by atoms with Gasteiger partial charge in [0.15, 0.2) is 0 Å². The average molecular weight is 276 g/mol. The zero-order chi connectivity index (χ0) is 14.7. The molecule has 2 N–H and O–H groups in total. The zero-order valence-electron chi connectivity index (χ0n) is 13.2. The Balaban J connectivity index is 2.35. The maximum absolute atomic E-state index is 6.19. The molecule has 1 aliphatic carbocycles. The summed E-state index contributed by atoms with van der Waals surface area (Å²) in [5, 5.41) is 0. The Kier molecular flexibility index (Phi) is 4.92. The van der Waals surface area contributed by atoms with Crippen molar-refractivity contribution in [2.75, 3.05) is 19.1 Å². The van der Waals surface area contributed by atoms with Gasteiger partial charge >= 0.3 is 0 Å². The molecule has 20 heavy (non-hydrogen) atoms. The normalized spacial score (nSPS) is 24.2. The lowest BCUT2D eigenvalue weighted by Crippen LogP contribution is -2.39. The predicted molar refractivity (Wildman–Crippen MR) is 85.4 cm³/mol. The minimum atomic E-state index is -0.0255. The highest BCUT2D eigenvalue weighted by molar-refractivity contribution is 5.61. The van der Waals surface area contributed by atoms with E-state index in [9.17, 15) is 0 Å². The molecular weight excluding hydrogens is 248 g/mol. The number of nitrogens with two attached hydrogens (primary N) is 1. The van der Waals surface area contributed by atoms with Crippen molar-refractivity contribution in [3.05, 3.63) is 23.8 Å². The molecule has 112 valence electrons. The molecule has 1 aromatic carbocycles. The third-order valence-electron chi connectivity index (χ3n) is 4.66. The molecule has 1 aromatic rings. The van der Waals surface area contributed by atoms with Gasteiger partial charge in [0.1, 0.15) is 5.75 Å². The fourth-order valence-electron chi connectivity index (χ4n) is 3.53. The molecule has 1 aliphatic rings. The first-order valence-electron chi connectivity index (χ1n) is 7.71. The maximum Gasteiger partial charge on any atom is 0.125 e. The van der Waals surface area contributed by atoms with E-state index in [0.29, 0.717) is 6.04 Å². The van der Waals surface area contributed by atoms with Gasteiger partial charge in [0.05, 0.1) is 7.11 Å². The predicted octanol–water partition coefficient (Wildman–Crippen LogP) is 3.73. The largest absolute Gasteiger partial charge is 0.496 e. The summed E-state index contributed by atoms with van der Waals surface area (Å²) < 4.78 is 5.50. The first kappa shape index (κ1) is 15.2. The van der Waals surface area contributed by atoms with E-state index in [1.54, 1.807) is 7.11 Å². The van der Waals surface area contributed by atoms with Gasteiger partial charge in [-0.05, 0) is 37.8 Å². The van der Waals surface area contributed by atoms with Crippen LogP contribution in [0.5, 0.6) is 5.75 Å². The fourth-order valence-corrected chi connectivity index (χ4v) is 3.53. The molecule has 0 amide bonds. The van der Waals surface area contributed by atoms with E-state index in [0.717, 1.165) is 17.2 Å². The van der Waals surface area contributed by atoms with Crippen molar-refractivity contribution < 1.29 is 4.74 Å². The van der Waals surface area contributed by atoms with Gasteiger partial charge in [0.2, 0.25) is 0 Å². The molecule has 3 nitrogen and oxygen atoms in total. The summed E-state index contributed by atoms with van der Waals surface area (Å²) in [7, 11) is 3.92. The van der Waals surface area contributed by atoms with Gasteiger partial charge in [-0.2, -0.15) is 0 Å². The van der Waals surface area contributed by atoms with E-state index in [1.807, 2.05) is 13.0 Å². The van der Waals surface area contributed by atoms with Crippen LogP contribution >= 0.6 is 0 Å². The smallest absolute Gasteiger partial charge is 0.125 e. The average Bonchev–Trinajstić information content (AvgIpc) is 2.46. The van der Waals surface area contributed by atoms with Gasteiger partial charge in [-0.1, -0.05) is 25.8 Å². The molecule has 0 radical (unpaired) electrons. The maximum atomic E-state index is 6.19. The van der Waals surface area contributed by atoms with Crippen LogP contribution < -0.4 is 15.4 Å².